The number of carbonyl (C=O) groups is 2. The molecule has 4 rings (SSSR count). The van der Waals surface area contributed by atoms with Crippen molar-refractivity contribution >= 4 is 34.7 Å². The molecular formula is C24H26ClN3O2. The van der Waals surface area contributed by atoms with Crippen LogP contribution in [0.1, 0.15) is 24.0 Å². The van der Waals surface area contributed by atoms with Crippen molar-refractivity contribution in [3.63, 3.8) is 0 Å². The number of halogens is 1. The smallest absolute Gasteiger partial charge is 0.282 e. The molecule has 6 heteroatoms. The van der Waals surface area contributed by atoms with Crippen molar-refractivity contribution in [1.82, 2.24) is 9.80 Å². The van der Waals surface area contributed by atoms with Gasteiger partial charge in [-0.05, 0) is 69.2 Å². The zero-order valence-electron chi connectivity index (χ0n) is 17.6. The number of nitrogens with zero attached hydrogens (tertiary/aromatic N) is 3. The Morgan fingerprint density at radius 1 is 0.967 bits per heavy atom. The molecule has 0 saturated carbocycles. The quantitative estimate of drug-likeness (QED) is 0.698. The van der Waals surface area contributed by atoms with Crippen molar-refractivity contribution in [2.24, 2.45) is 0 Å². The standard InChI is InChI=1S/C24H26ClN3O2/c1-16-6-4-5-7-20(16)28-23(29)21(17-8-10-18(25)11-9-17)22(24(28)30)27(3)19-12-14-26(2)15-13-19/h4-11,19H,12-15H2,1-3H3. The molecule has 0 unspecified atom stereocenters. The molecule has 2 aliphatic heterocycles. The number of carbonyl (C=O) groups excluding carboxylic acids is 2. The fourth-order valence-electron chi connectivity index (χ4n) is 4.32. The number of imide groups is 1. The summed E-state index contributed by atoms with van der Waals surface area (Å²) in [6.07, 6.45) is 1.91. The predicted octanol–water partition coefficient (Wildman–Crippen LogP) is 3.96. The molecule has 0 aromatic heterocycles. The summed E-state index contributed by atoms with van der Waals surface area (Å²) in [5.41, 5.74) is 3.15. The molecular weight excluding hydrogens is 398 g/mol. The second-order valence-electron chi connectivity index (χ2n) is 8.11. The van der Waals surface area contributed by atoms with Gasteiger partial charge in [-0.2, -0.15) is 0 Å². The van der Waals surface area contributed by atoms with Crippen LogP contribution in [-0.2, 0) is 9.59 Å². The Morgan fingerprint density at radius 3 is 2.23 bits per heavy atom. The van der Waals surface area contributed by atoms with Crippen LogP contribution in [0.25, 0.3) is 5.57 Å². The molecule has 2 aromatic rings. The lowest BCUT2D eigenvalue weighted by molar-refractivity contribution is -0.120. The van der Waals surface area contributed by atoms with Crippen molar-refractivity contribution in [2.75, 3.05) is 32.1 Å². The summed E-state index contributed by atoms with van der Waals surface area (Å²) in [5, 5.41) is 0.595. The van der Waals surface area contributed by atoms with E-state index in [1.807, 2.05) is 55.3 Å². The first-order chi connectivity index (χ1) is 14.4. The third kappa shape index (κ3) is 3.64. The van der Waals surface area contributed by atoms with E-state index >= 15 is 0 Å². The van der Waals surface area contributed by atoms with E-state index in [4.69, 9.17) is 11.6 Å². The third-order valence-corrected chi connectivity index (χ3v) is 6.39. The van der Waals surface area contributed by atoms with Crippen molar-refractivity contribution in [3.8, 4) is 0 Å². The van der Waals surface area contributed by atoms with E-state index < -0.39 is 0 Å². The molecule has 0 aliphatic carbocycles. The molecule has 5 nitrogen and oxygen atoms in total. The maximum Gasteiger partial charge on any atom is 0.282 e. The topological polar surface area (TPSA) is 43.9 Å². The molecule has 0 N–H and O–H groups in total. The molecule has 0 atom stereocenters. The maximum absolute atomic E-state index is 13.6. The Hall–Kier alpha value is -2.63. The molecule has 0 radical (unpaired) electrons. The second kappa shape index (κ2) is 8.25. The monoisotopic (exact) mass is 423 g/mol. The lowest BCUT2D eigenvalue weighted by atomic mass is 10.0. The van der Waals surface area contributed by atoms with Crippen LogP contribution in [0.5, 0.6) is 0 Å². The summed E-state index contributed by atoms with van der Waals surface area (Å²) in [6.45, 7) is 3.86. The second-order valence-corrected chi connectivity index (χ2v) is 8.54. The molecule has 0 bridgehead atoms. The van der Waals surface area contributed by atoms with E-state index in [1.54, 1.807) is 12.1 Å². The molecule has 1 fully saturated rings. The zero-order valence-corrected chi connectivity index (χ0v) is 18.3. The van der Waals surface area contributed by atoms with Gasteiger partial charge in [0.15, 0.2) is 0 Å². The molecule has 2 aliphatic rings. The van der Waals surface area contributed by atoms with Gasteiger partial charge in [-0.25, -0.2) is 4.90 Å². The van der Waals surface area contributed by atoms with Gasteiger partial charge in [-0.15, -0.1) is 0 Å². The minimum Gasteiger partial charge on any atom is -0.366 e. The highest BCUT2D eigenvalue weighted by molar-refractivity contribution is 6.45. The van der Waals surface area contributed by atoms with Crippen LogP contribution >= 0.6 is 11.6 Å². The lowest BCUT2D eigenvalue weighted by Gasteiger charge is -2.36. The first kappa shape index (κ1) is 20.6. The Morgan fingerprint density at radius 2 is 1.60 bits per heavy atom. The highest BCUT2D eigenvalue weighted by Gasteiger charge is 2.43. The van der Waals surface area contributed by atoms with Crippen molar-refractivity contribution in [3.05, 3.63) is 70.4 Å². The number of likely N-dealkylation sites (tertiary alicyclic amines) is 1. The van der Waals surface area contributed by atoms with Gasteiger partial charge in [0.05, 0.1) is 11.3 Å². The van der Waals surface area contributed by atoms with Crippen molar-refractivity contribution in [1.29, 1.82) is 0 Å². The van der Waals surface area contributed by atoms with Gasteiger partial charge in [-0.3, -0.25) is 9.59 Å². The lowest BCUT2D eigenvalue weighted by Crippen LogP contribution is -2.43. The number of rotatable bonds is 4. The fraction of sp³-hybridized carbons (Fsp3) is 0.333. The molecule has 0 spiro atoms. The molecule has 2 aromatic carbocycles. The van der Waals surface area contributed by atoms with E-state index in [2.05, 4.69) is 11.9 Å². The van der Waals surface area contributed by atoms with Crippen molar-refractivity contribution < 1.29 is 9.59 Å². The third-order valence-electron chi connectivity index (χ3n) is 6.14. The molecule has 2 heterocycles. The van der Waals surface area contributed by atoms with E-state index in [-0.39, 0.29) is 17.9 Å². The summed E-state index contributed by atoms with van der Waals surface area (Å²) < 4.78 is 0. The Labute approximate surface area is 182 Å². The summed E-state index contributed by atoms with van der Waals surface area (Å²) >= 11 is 6.07. The van der Waals surface area contributed by atoms with Crippen LogP contribution in [0.4, 0.5) is 5.69 Å². The average molecular weight is 424 g/mol. The van der Waals surface area contributed by atoms with Crippen LogP contribution in [0, 0.1) is 6.92 Å². The highest BCUT2D eigenvalue weighted by Crippen LogP contribution is 2.37. The first-order valence-corrected chi connectivity index (χ1v) is 10.6. The number of hydrogen-bond acceptors (Lipinski definition) is 4. The van der Waals surface area contributed by atoms with Crippen LogP contribution in [-0.4, -0.2) is 54.8 Å². The zero-order chi connectivity index (χ0) is 21.4. The molecule has 156 valence electrons. The maximum atomic E-state index is 13.6. The van der Waals surface area contributed by atoms with Gasteiger partial charge in [-0.1, -0.05) is 41.9 Å². The molecule has 2 amide bonds. The summed E-state index contributed by atoms with van der Waals surface area (Å²) in [4.78, 5) is 32.9. The van der Waals surface area contributed by atoms with Crippen molar-refractivity contribution in [2.45, 2.75) is 25.8 Å². The minimum atomic E-state index is -0.286. The number of amides is 2. The SMILES string of the molecule is Cc1ccccc1N1C(=O)C(c2ccc(Cl)cc2)=C(N(C)C2CCN(C)CC2)C1=O. The Kier molecular flexibility index (Phi) is 5.67. The van der Waals surface area contributed by atoms with Gasteiger partial charge in [0, 0.05) is 18.1 Å². The number of anilines is 1. The van der Waals surface area contributed by atoms with Crippen LogP contribution in [0.2, 0.25) is 5.02 Å². The number of aryl methyl sites for hydroxylation is 1. The van der Waals surface area contributed by atoms with Crippen LogP contribution in [0.15, 0.2) is 54.2 Å². The normalized spacial score (nSPS) is 18.5. The summed E-state index contributed by atoms with van der Waals surface area (Å²) in [6, 6.07) is 14.8. The Bertz CT molecular complexity index is 1010. The van der Waals surface area contributed by atoms with Gasteiger partial charge < -0.3 is 9.80 Å². The summed E-state index contributed by atoms with van der Waals surface area (Å²) in [5.74, 6) is -0.549. The average Bonchev–Trinajstić information content (AvgIpc) is 2.99. The van der Waals surface area contributed by atoms with E-state index in [9.17, 15) is 9.59 Å². The van der Waals surface area contributed by atoms with Gasteiger partial charge in [0.2, 0.25) is 0 Å². The summed E-state index contributed by atoms with van der Waals surface area (Å²) in [7, 11) is 4.05. The number of hydrogen-bond donors (Lipinski definition) is 0. The number of piperidine rings is 1. The number of para-hydroxylation sites is 1. The highest BCUT2D eigenvalue weighted by atomic mass is 35.5. The van der Waals surface area contributed by atoms with Gasteiger partial charge >= 0.3 is 0 Å². The number of likely N-dealkylation sites (N-methyl/N-ethyl adjacent to an activating group) is 1. The fourth-order valence-corrected chi connectivity index (χ4v) is 4.45. The van der Waals surface area contributed by atoms with E-state index in [0.717, 1.165) is 31.5 Å². The van der Waals surface area contributed by atoms with Crippen LogP contribution < -0.4 is 4.90 Å². The predicted molar refractivity (Wildman–Crippen MR) is 120 cm³/mol. The molecule has 1 saturated heterocycles. The first-order valence-electron chi connectivity index (χ1n) is 10.2. The largest absolute Gasteiger partial charge is 0.366 e. The van der Waals surface area contributed by atoms with E-state index in [1.165, 1.54) is 4.90 Å². The van der Waals surface area contributed by atoms with Crippen LogP contribution in [0.3, 0.4) is 0 Å². The van der Waals surface area contributed by atoms with Gasteiger partial charge in [0.25, 0.3) is 11.8 Å². The van der Waals surface area contributed by atoms with Gasteiger partial charge in [0.1, 0.15) is 5.70 Å². The Balaban J connectivity index is 1.80. The minimum absolute atomic E-state index is 0.215. The molecule has 30 heavy (non-hydrogen) atoms. The van der Waals surface area contributed by atoms with E-state index in [0.29, 0.717) is 27.5 Å². The number of benzene rings is 2.